The first-order valence-corrected chi connectivity index (χ1v) is 7.70. The van der Waals surface area contributed by atoms with E-state index in [2.05, 4.69) is 15.9 Å². The number of carbonyl (C=O) groups is 1. The molecule has 1 rings (SSSR count). The Balaban J connectivity index is 3.13. The minimum atomic E-state index is -4.03. The highest BCUT2D eigenvalue weighted by Gasteiger charge is 2.27. The van der Waals surface area contributed by atoms with E-state index in [1.165, 1.54) is 12.1 Å². The van der Waals surface area contributed by atoms with Gasteiger partial charge in [0.1, 0.15) is 4.90 Å². The molecule has 19 heavy (non-hydrogen) atoms. The van der Waals surface area contributed by atoms with Crippen molar-refractivity contribution in [3.05, 3.63) is 28.5 Å². The van der Waals surface area contributed by atoms with E-state index in [0.29, 0.717) is 0 Å². The molecular weight excluding hydrogens is 341 g/mol. The molecule has 0 atom stereocenters. The molecule has 0 aliphatic carbocycles. The normalized spacial score (nSPS) is 11.8. The lowest BCUT2D eigenvalue weighted by Gasteiger charge is -2.20. The molecule has 0 aliphatic heterocycles. The maximum Gasteiger partial charge on any atom is 0.304 e. The van der Waals surface area contributed by atoms with Gasteiger partial charge in [-0.1, -0.05) is 13.0 Å². The van der Waals surface area contributed by atoms with Crippen LogP contribution in [0.15, 0.2) is 27.6 Å². The second-order valence-corrected chi connectivity index (χ2v) is 6.45. The number of hydrogen-bond acceptors (Lipinski definition) is 3. The van der Waals surface area contributed by atoms with Gasteiger partial charge in [-0.05, 0) is 28.1 Å². The summed E-state index contributed by atoms with van der Waals surface area (Å²) in [5, 5.41) is 8.59. The first kappa shape index (κ1) is 16.1. The molecule has 0 radical (unpaired) electrons. The maximum absolute atomic E-state index is 13.8. The molecule has 0 spiro atoms. The average molecular weight is 354 g/mol. The molecule has 1 N–H and O–H groups in total. The Morgan fingerprint density at radius 1 is 1.47 bits per heavy atom. The van der Waals surface area contributed by atoms with Gasteiger partial charge in [0.05, 0.1) is 10.9 Å². The van der Waals surface area contributed by atoms with E-state index in [1.54, 1.807) is 6.92 Å². The van der Waals surface area contributed by atoms with Crippen LogP contribution in [0.5, 0.6) is 0 Å². The third-order valence-electron chi connectivity index (χ3n) is 2.46. The van der Waals surface area contributed by atoms with Gasteiger partial charge in [0, 0.05) is 13.1 Å². The van der Waals surface area contributed by atoms with Crippen molar-refractivity contribution in [1.29, 1.82) is 0 Å². The number of aliphatic carboxylic acids is 1. The van der Waals surface area contributed by atoms with E-state index in [4.69, 9.17) is 5.11 Å². The fourth-order valence-electron chi connectivity index (χ4n) is 1.49. The monoisotopic (exact) mass is 353 g/mol. The maximum atomic E-state index is 13.8. The Hall–Kier alpha value is -0.990. The molecule has 0 heterocycles. The van der Waals surface area contributed by atoms with E-state index < -0.39 is 26.7 Å². The predicted molar refractivity (Wildman–Crippen MR) is 70.8 cm³/mol. The predicted octanol–water partition coefficient (Wildman–Crippen LogP) is 2.07. The van der Waals surface area contributed by atoms with Crippen molar-refractivity contribution in [1.82, 2.24) is 4.31 Å². The number of halogens is 2. The molecule has 0 unspecified atom stereocenters. The second kappa shape index (κ2) is 6.44. The van der Waals surface area contributed by atoms with Crippen molar-refractivity contribution >= 4 is 31.9 Å². The van der Waals surface area contributed by atoms with Crippen molar-refractivity contribution < 1.29 is 22.7 Å². The smallest absolute Gasteiger partial charge is 0.304 e. The third-order valence-corrected chi connectivity index (χ3v) is 5.07. The van der Waals surface area contributed by atoms with Crippen molar-refractivity contribution in [2.45, 2.75) is 18.2 Å². The zero-order chi connectivity index (χ0) is 14.6. The van der Waals surface area contributed by atoms with Crippen LogP contribution in [0.3, 0.4) is 0 Å². The highest BCUT2D eigenvalue weighted by atomic mass is 79.9. The summed E-state index contributed by atoms with van der Waals surface area (Å²) in [6.45, 7) is 1.44. The van der Waals surface area contributed by atoms with Crippen LogP contribution in [-0.4, -0.2) is 36.9 Å². The number of hydrogen-bond donors (Lipinski definition) is 1. The highest BCUT2D eigenvalue weighted by Crippen LogP contribution is 2.25. The average Bonchev–Trinajstić information content (AvgIpc) is 2.32. The summed E-state index contributed by atoms with van der Waals surface area (Å²) in [6.07, 6.45) is -0.331. The molecule has 0 saturated heterocycles. The zero-order valence-electron chi connectivity index (χ0n) is 10.1. The van der Waals surface area contributed by atoms with E-state index in [-0.39, 0.29) is 24.0 Å². The summed E-state index contributed by atoms with van der Waals surface area (Å²) in [6, 6.07) is 3.95. The van der Waals surface area contributed by atoms with Gasteiger partial charge in [-0.25, -0.2) is 12.8 Å². The summed E-state index contributed by atoms with van der Waals surface area (Å²) < 4.78 is 39.2. The molecule has 0 amide bonds. The highest BCUT2D eigenvalue weighted by molar-refractivity contribution is 9.10. The van der Waals surface area contributed by atoms with Crippen LogP contribution in [0, 0.1) is 5.82 Å². The molecular formula is C11H13BrFNO4S. The summed E-state index contributed by atoms with van der Waals surface area (Å²) in [5.74, 6) is -1.99. The van der Waals surface area contributed by atoms with Crippen molar-refractivity contribution in [2.24, 2.45) is 0 Å². The van der Waals surface area contributed by atoms with Crippen LogP contribution < -0.4 is 0 Å². The van der Waals surface area contributed by atoms with Crippen LogP contribution in [0.25, 0.3) is 0 Å². The van der Waals surface area contributed by atoms with E-state index in [9.17, 15) is 17.6 Å². The first-order valence-electron chi connectivity index (χ1n) is 5.46. The van der Waals surface area contributed by atoms with Gasteiger partial charge in [0.2, 0.25) is 10.0 Å². The molecule has 8 heteroatoms. The fourth-order valence-corrected chi connectivity index (χ4v) is 3.53. The molecule has 0 fully saturated rings. The minimum absolute atomic E-state index is 0.0443. The van der Waals surface area contributed by atoms with Crippen LogP contribution in [0.4, 0.5) is 4.39 Å². The lowest BCUT2D eigenvalue weighted by atomic mass is 10.3. The number of rotatable bonds is 6. The molecule has 5 nitrogen and oxygen atoms in total. The lowest BCUT2D eigenvalue weighted by molar-refractivity contribution is -0.137. The molecule has 1 aromatic carbocycles. The molecule has 0 bridgehead atoms. The number of nitrogens with zero attached hydrogens (tertiary/aromatic N) is 1. The van der Waals surface area contributed by atoms with Crippen LogP contribution >= 0.6 is 15.9 Å². The largest absolute Gasteiger partial charge is 0.481 e. The van der Waals surface area contributed by atoms with E-state index in [1.807, 2.05) is 0 Å². The summed E-state index contributed by atoms with van der Waals surface area (Å²) >= 11 is 2.92. The van der Waals surface area contributed by atoms with E-state index >= 15 is 0 Å². The van der Waals surface area contributed by atoms with Crippen molar-refractivity contribution in [3.63, 3.8) is 0 Å². The molecule has 0 aromatic heterocycles. The lowest BCUT2D eigenvalue weighted by Crippen LogP contribution is -2.33. The number of carboxylic acids is 1. The number of sulfonamides is 1. The number of carboxylic acid groups (broad SMARTS) is 1. The van der Waals surface area contributed by atoms with Gasteiger partial charge in [-0.2, -0.15) is 4.31 Å². The molecule has 1 aromatic rings. The molecule has 106 valence electrons. The summed E-state index contributed by atoms with van der Waals surface area (Å²) in [4.78, 5) is 10.0. The van der Waals surface area contributed by atoms with Gasteiger partial charge in [0.15, 0.2) is 5.82 Å². The molecule has 0 aliphatic rings. The van der Waals surface area contributed by atoms with Crippen LogP contribution in [0.2, 0.25) is 0 Å². The van der Waals surface area contributed by atoms with Gasteiger partial charge in [0.25, 0.3) is 0 Å². The Morgan fingerprint density at radius 2 is 2.11 bits per heavy atom. The van der Waals surface area contributed by atoms with Gasteiger partial charge in [-0.3, -0.25) is 4.79 Å². The Kier molecular flexibility index (Phi) is 5.45. The Labute approximate surface area is 119 Å². The quantitative estimate of drug-likeness (QED) is 0.849. The summed E-state index contributed by atoms with van der Waals surface area (Å²) in [5.41, 5.74) is 0. The topological polar surface area (TPSA) is 74.7 Å². The Bertz CT molecular complexity index is 576. The van der Waals surface area contributed by atoms with Crippen LogP contribution in [0.1, 0.15) is 13.3 Å². The van der Waals surface area contributed by atoms with Crippen molar-refractivity contribution in [3.8, 4) is 0 Å². The minimum Gasteiger partial charge on any atom is -0.481 e. The summed E-state index contributed by atoms with van der Waals surface area (Å²) in [7, 11) is -4.03. The van der Waals surface area contributed by atoms with Gasteiger partial charge < -0.3 is 5.11 Å². The first-order chi connectivity index (χ1) is 8.80. The van der Waals surface area contributed by atoms with Crippen LogP contribution in [-0.2, 0) is 14.8 Å². The van der Waals surface area contributed by atoms with Gasteiger partial charge in [-0.15, -0.1) is 0 Å². The molecule has 0 saturated carbocycles. The standard InChI is InChI=1S/C11H13BrFNO4S/c1-2-14(7-6-10(15)16)19(17,18)9-5-3-4-8(12)11(9)13/h3-5H,2,6-7H2,1H3,(H,15,16). The van der Waals surface area contributed by atoms with E-state index in [0.717, 1.165) is 10.4 Å². The van der Waals surface area contributed by atoms with Crippen molar-refractivity contribution in [2.75, 3.05) is 13.1 Å². The number of benzene rings is 1. The Morgan fingerprint density at radius 3 is 2.63 bits per heavy atom. The third kappa shape index (κ3) is 3.74. The zero-order valence-corrected chi connectivity index (χ0v) is 12.5. The SMILES string of the molecule is CCN(CCC(=O)O)S(=O)(=O)c1cccc(Br)c1F. The van der Waals surface area contributed by atoms with Gasteiger partial charge >= 0.3 is 5.97 Å². The fraction of sp³-hybridized carbons (Fsp3) is 0.364. The second-order valence-electron chi connectivity index (χ2n) is 3.69.